The first-order valence-electron chi connectivity index (χ1n) is 7.71. The summed E-state index contributed by atoms with van der Waals surface area (Å²) in [4.78, 5) is 24.9. The highest BCUT2D eigenvalue weighted by Crippen LogP contribution is 2.25. The molecule has 3 rings (SSSR count). The van der Waals surface area contributed by atoms with Gasteiger partial charge in [0, 0.05) is 29.8 Å². The highest BCUT2D eigenvalue weighted by molar-refractivity contribution is 5.95. The summed E-state index contributed by atoms with van der Waals surface area (Å²) in [5.41, 5.74) is 0.0105. The van der Waals surface area contributed by atoms with Crippen LogP contribution in [0, 0.1) is 20.2 Å². The van der Waals surface area contributed by atoms with Crippen LogP contribution >= 0.6 is 0 Å². The molecule has 9 nitrogen and oxygen atoms in total. The van der Waals surface area contributed by atoms with Crippen LogP contribution < -0.4 is 4.74 Å². The fourth-order valence-electron chi connectivity index (χ4n) is 2.38. The summed E-state index contributed by atoms with van der Waals surface area (Å²) in [5.74, 6) is 0.894. The van der Waals surface area contributed by atoms with E-state index >= 15 is 0 Å². The van der Waals surface area contributed by atoms with Crippen LogP contribution in [0.15, 0.2) is 53.5 Å². The predicted molar refractivity (Wildman–Crippen MR) is 92.6 cm³/mol. The van der Waals surface area contributed by atoms with E-state index < -0.39 is 15.4 Å². The summed E-state index contributed by atoms with van der Waals surface area (Å²) >= 11 is 0. The van der Waals surface area contributed by atoms with Crippen LogP contribution in [-0.2, 0) is 4.74 Å². The average Bonchev–Trinajstić information content (AvgIpc) is 3.03. The Balaban J connectivity index is 1.66. The summed E-state index contributed by atoms with van der Waals surface area (Å²) in [6, 6.07) is 11.7. The van der Waals surface area contributed by atoms with Crippen LogP contribution in [-0.4, -0.2) is 34.5 Å². The van der Waals surface area contributed by atoms with Crippen molar-refractivity contribution in [2.45, 2.75) is 12.5 Å². The number of hydrogen-bond acceptors (Lipinski definition) is 7. The molecule has 2 aromatic rings. The molecule has 1 aliphatic heterocycles. The third-order valence-electron chi connectivity index (χ3n) is 3.81. The molecule has 26 heavy (non-hydrogen) atoms. The van der Waals surface area contributed by atoms with Crippen LogP contribution in [0.1, 0.15) is 12.5 Å². The van der Waals surface area contributed by atoms with E-state index in [9.17, 15) is 20.2 Å². The van der Waals surface area contributed by atoms with Crippen molar-refractivity contribution in [3.8, 4) is 5.75 Å². The Morgan fingerprint density at radius 1 is 1.04 bits per heavy atom. The first-order chi connectivity index (χ1) is 12.4. The Kier molecular flexibility index (Phi) is 4.53. The second-order valence-electron chi connectivity index (χ2n) is 6.05. The minimum atomic E-state index is -0.626. The Hall–Kier alpha value is -3.49. The van der Waals surface area contributed by atoms with Crippen molar-refractivity contribution in [2.24, 2.45) is 4.99 Å². The number of nitro benzene ring substituents is 2. The Morgan fingerprint density at radius 2 is 1.58 bits per heavy atom. The molecule has 1 unspecified atom stereocenters. The van der Waals surface area contributed by atoms with Crippen molar-refractivity contribution in [3.63, 3.8) is 0 Å². The van der Waals surface area contributed by atoms with E-state index in [0.29, 0.717) is 23.8 Å². The van der Waals surface area contributed by atoms with Gasteiger partial charge in [0.05, 0.1) is 9.85 Å². The molecule has 0 aliphatic carbocycles. The standard InChI is InChI=1S/C17H15N3O6/c1-17(10-25-15-8-6-14(7-9-15)20(23)24)11-26-16(18-17)12-2-4-13(5-3-12)19(21)22/h2-9H,10-11H2,1H3. The van der Waals surface area contributed by atoms with E-state index in [1.165, 1.54) is 36.4 Å². The maximum Gasteiger partial charge on any atom is 0.269 e. The topological polar surface area (TPSA) is 117 Å². The average molecular weight is 357 g/mol. The van der Waals surface area contributed by atoms with Crippen LogP contribution in [0.25, 0.3) is 0 Å². The minimum absolute atomic E-state index is 0.00314. The number of nitro groups is 2. The first-order valence-corrected chi connectivity index (χ1v) is 7.71. The van der Waals surface area contributed by atoms with Gasteiger partial charge in [0.2, 0.25) is 5.90 Å². The van der Waals surface area contributed by atoms with Gasteiger partial charge in [0.1, 0.15) is 24.5 Å². The van der Waals surface area contributed by atoms with E-state index in [1.54, 1.807) is 12.1 Å². The maximum atomic E-state index is 10.7. The second-order valence-corrected chi connectivity index (χ2v) is 6.05. The monoisotopic (exact) mass is 357 g/mol. The van der Waals surface area contributed by atoms with Gasteiger partial charge in [-0.05, 0) is 31.2 Å². The Morgan fingerprint density at radius 3 is 2.12 bits per heavy atom. The van der Waals surface area contributed by atoms with Crippen molar-refractivity contribution in [1.29, 1.82) is 0 Å². The minimum Gasteiger partial charge on any atom is -0.491 e. The third-order valence-corrected chi connectivity index (χ3v) is 3.81. The number of non-ortho nitro benzene ring substituents is 2. The van der Waals surface area contributed by atoms with E-state index in [0.717, 1.165) is 0 Å². The van der Waals surface area contributed by atoms with Crippen molar-refractivity contribution < 1.29 is 19.3 Å². The van der Waals surface area contributed by atoms with Crippen LogP contribution in [0.3, 0.4) is 0 Å². The van der Waals surface area contributed by atoms with Crippen molar-refractivity contribution >= 4 is 17.3 Å². The molecule has 0 saturated carbocycles. The van der Waals surface area contributed by atoms with Gasteiger partial charge in [-0.3, -0.25) is 20.2 Å². The zero-order valence-corrected chi connectivity index (χ0v) is 13.8. The highest BCUT2D eigenvalue weighted by Gasteiger charge is 2.33. The molecule has 0 N–H and O–H groups in total. The fourth-order valence-corrected chi connectivity index (χ4v) is 2.38. The van der Waals surface area contributed by atoms with E-state index in [-0.39, 0.29) is 18.0 Å². The van der Waals surface area contributed by atoms with Gasteiger partial charge in [0.25, 0.3) is 11.4 Å². The number of benzene rings is 2. The Labute approximate surface area is 148 Å². The van der Waals surface area contributed by atoms with Crippen LogP contribution in [0.4, 0.5) is 11.4 Å². The molecule has 0 aromatic heterocycles. The van der Waals surface area contributed by atoms with Gasteiger partial charge in [0.15, 0.2) is 0 Å². The van der Waals surface area contributed by atoms with Gasteiger partial charge < -0.3 is 9.47 Å². The van der Waals surface area contributed by atoms with E-state index in [2.05, 4.69) is 4.99 Å². The van der Waals surface area contributed by atoms with Gasteiger partial charge in [-0.1, -0.05) is 0 Å². The molecule has 0 spiro atoms. The summed E-state index contributed by atoms with van der Waals surface area (Å²) in [6.45, 7) is 2.38. The zero-order valence-electron chi connectivity index (χ0n) is 13.8. The third kappa shape index (κ3) is 3.77. The number of nitrogens with zero attached hydrogens (tertiary/aromatic N) is 3. The van der Waals surface area contributed by atoms with Crippen molar-refractivity contribution in [3.05, 3.63) is 74.3 Å². The van der Waals surface area contributed by atoms with Crippen LogP contribution in [0.2, 0.25) is 0 Å². The molecule has 0 amide bonds. The summed E-state index contributed by atoms with van der Waals surface area (Å²) in [7, 11) is 0. The van der Waals surface area contributed by atoms with Gasteiger partial charge in [-0.25, -0.2) is 4.99 Å². The molecule has 0 bridgehead atoms. The predicted octanol–water partition coefficient (Wildman–Crippen LogP) is 3.12. The summed E-state index contributed by atoms with van der Waals surface area (Å²) < 4.78 is 11.3. The van der Waals surface area contributed by atoms with Gasteiger partial charge in [-0.2, -0.15) is 0 Å². The molecule has 0 fully saturated rings. The normalized spacial score (nSPS) is 18.7. The lowest BCUT2D eigenvalue weighted by atomic mass is 10.1. The summed E-state index contributed by atoms with van der Waals surface area (Å²) in [5, 5.41) is 21.4. The zero-order chi connectivity index (χ0) is 18.7. The van der Waals surface area contributed by atoms with E-state index in [4.69, 9.17) is 9.47 Å². The molecule has 134 valence electrons. The largest absolute Gasteiger partial charge is 0.491 e. The lowest BCUT2D eigenvalue weighted by Crippen LogP contribution is -2.31. The van der Waals surface area contributed by atoms with Crippen LogP contribution in [0.5, 0.6) is 5.75 Å². The number of hydrogen-bond donors (Lipinski definition) is 0. The maximum absolute atomic E-state index is 10.7. The number of ether oxygens (including phenoxy) is 2. The molecule has 9 heteroatoms. The molecule has 0 radical (unpaired) electrons. The fraction of sp³-hybridized carbons (Fsp3) is 0.235. The first kappa shape index (κ1) is 17.3. The SMILES string of the molecule is CC1(COc2ccc([N+](=O)[O-])cc2)COC(c2ccc([N+](=O)[O-])cc2)=N1. The second kappa shape index (κ2) is 6.79. The van der Waals surface area contributed by atoms with E-state index in [1.807, 2.05) is 6.92 Å². The van der Waals surface area contributed by atoms with Gasteiger partial charge >= 0.3 is 0 Å². The number of aliphatic imine (C=N–C) groups is 1. The Bertz CT molecular complexity index is 863. The molecule has 2 aromatic carbocycles. The molecule has 1 atom stereocenters. The van der Waals surface area contributed by atoms with Crippen molar-refractivity contribution in [1.82, 2.24) is 0 Å². The smallest absolute Gasteiger partial charge is 0.269 e. The summed E-state index contributed by atoms with van der Waals surface area (Å²) in [6.07, 6.45) is 0. The quantitative estimate of drug-likeness (QED) is 0.579. The number of rotatable bonds is 6. The van der Waals surface area contributed by atoms with Gasteiger partial charge in [-0.15, -0.1) is 0 Å². The molecular weight excluding hydrogens is 342 g/mol. The molecule has 1 aliphatic rings. The van der Waals surface area contributed by atoms with Crippen molar-refractivity contribution in [2.75, 3.05) is 13.2 Å². The lowest BCUT2D eigenvalue weighted by Gasteiger charge is -2.18. The molecule has 1 heterocycles. The highest BCUT2D eigenvalue weighted by atomic mass is 16.6. The molecular formula is C17H15N3O6. The lowest BCUT2D eigenvalue weighted by molar-refractivity contribution is -0.385. The molecule has 0 saturated heterocycles.